The third-order valence-corrected chi connectivity index (χ3v) is 3.27. The summed E-state index contributed by atoms with van der Waals surface area (Å²) in [7, 11) is 0. The van der Waals surface area contributed by atoms with Gasteiger partial charge in [-0.15, -0.1) is 0 Å². The number of halogens is 2. The number of nitrogens with one attached hydrogen (secondary N) is 1. The molecule has 5 heteroatoms. The maximum atomic E-state index is 13.6. The number of rotatable bonds is 4. The Labute approximate surface area is 127 Å². The first-order valence-electron chi connectivity index (χ1n) is 6.29. The van der Waals surface area contributed by atoms with Gasteiger partial charge < -0.3 is 5.32 Å². The van der Waals surface area contributed by atoms with Crippen molar-refractivity contribution in [1.82, 2.24) is 0 Å². The van der Waals surface area contributed by atoms with E-state index in [4.69, 9.17) is 16.9 Å². The lowest BCUT2D eigenvalue weighted by Gasteiger charge is -2.08. The van der Waals surface area contributed by atoms with Gasteiger partial charge in [0, 0.05) is 16.3 Å². The summed E-state index contributed by atoms with van der Waals surface area (Å²) < 4.78 is 13.6. The molecule has 0 fully saturated rings. The van der Waals surface area contributed by atoms with Crippen molar-refractivity contribution in [2.75, 3.05) is 5.32 Å². The van der Waals surface area contributed by atoms with Crippen molar-refractivity contribution in [3.8, 4) is 6.07 Å². The fourth-order valence-electron chi connectivity index (χ4n) is 1.86. The van der Waals surface area contributed by atoms with E-state index in [1.165, 1.54) is 12.1 Å². The van der Waals surface area contributed by atoms with Gasteiger partial charge in [-0.3, -0.25) is 4.79 Å². The lowest BCUT2D eigenvalue weighted by Crippen LogP contribution is -2.15. The molecule has 0 heterocycles. The van der Waals surface area contributed by atoms with Crippen molar-refractivity contribution >= 4 is 23.2 Å². The SMILES string of the molecule is N#CCc1ccc(NC(=O)Cc2c(F)cccc2Cl)cc1. The maximum Gasteiger partial charge on any atom is 0.228 e. The van der Waals surface area contributed by atoms with Crippen LogP contribution in [0.5, 0.6) is 0 Å². The first kappa shape index (κ1) is 15.0. The smallest absolute Gasteiger partial charge is 0.228 e. The van der Waals surface area contributed by atoms with E-state index in [9.17, 15) is 9.18 Å². The summed E-state index contributed by atoms with van der Waals surface area (Å²) >= 11 is 5.88. The molecule has 0 spiro atoms. The van der Waals surface area contributed by atoms with Gasteiger partial charge in [-0.2, -0.15) is 5.26 Å². The molecule has 2 rings (SSSR count). The highest BCUT2D eigenvalue weighted by Crippen LogP contribution is 2.20. The summed E-state index contributed by atoms with van der Waals surface area (Å²) in [5.41, 5.74) is 1.64. The van der Waals surface area contributed by atoms with Gasteiger partial charge in [0.15, 0.2) is 0 Å². The highest BCUT2D eigenvalue weighted by molar-refractivity contribution is 6.31. The van der Waals surface area contributed by atoms with Gasteiger partial charge in [0.2, 0.25) is 5.91 Å². The number of amides is 1. The van der Waals surface area contributed by atoms with E-state index in [0.717, 1.165) is 5.56 Å². The number of nitrogens with zero attached hydrogens (tertiary/aromatic N) is 1. The average Bonchev–Trinajstić information content (AvgIpc) is 2.45. The Morgan fingerprint density at radius 1 is 1.24 bits per heavy atom. The zero-order valence-electron chi connectivity index (χ0n) is 11.1. The Morgan fingerprint density at radius 2 is 1.95 bits per heavy atom. The van der Waals surface area contributed by atoms with E-state index in [1.807, 2.05) is 6.07 Å². The van der Waals surface area contributed by atoms with Crippen LogP contribution in [-0.4, -0.2) is 5.91 Å². The van der Waals surface area contributed by atoms with E-state index in [0.29, 0.717) is 12.1 Å². The van der Waals surface area contributed by atoms with Crippen LogP contribution in [0.3, 0.4) is 0 Å². The third kappa shape index (κ3) is 4.04. The molecule has 0 bridgehead atoms. The second-order valence-electron chi connectivity index (χ2n) is 4.46. The fraction of sp³-hybridized carbons (Fsp3) is 0.125. The number of anilines is 1. The Bertz CT molecular complexity index is 672. The zero-order valence-corrected chi connectivity index (χ0v) is 11.8. The predicted molar refractivity (Wildman–Crippen MR) is 79.5 cm³/mol. The molecule has 0 aliphatic carbocycles. The monoisotopic (exact) mass is 302 g/mol. The lowest BCUT2D eigenvalue weighted by atomic mass is 10.1. The molecule has 21 heavy (non-hydrogen) atoms. The van der Waals surface area contributed by atoms with E-state index in [-0.39, 0.29) is 22.9 Å². The first-order chi connectivity index (χ1) is 10.1. The number of carbonyl (C=O) groups excluding carboxylic acids is 1. The summed E-state index contributed by atoms with van der Waals surface area (Å²) in [4.78, 5) is 11.9. The first-order valence-corrected chi connectivity index (χ1v) is 6.66. The molecule has 0 aromatic heterocycles. The van der Waals surface area contributed by atoms with Crippen LogP contribution in [0.2, 0.25) is 5.02 Å². The highest BCUT2D eigenvalue weighted by Gasteiger charge is 2.12. The Balaban J connectivity index is 2.03. The van der Waals surface area contributed by atoms with E-state index < -0.39 is 5.82 Å². The van der Waals surface area contributed by atoms with Crippen LogP contribution in [-0.2, 0) is 17.6 Å². The van der Waals surface area contributed by atoms with Crippen LogP contribution in [0.4, 0.5) is 10.1 Å². The molecule has 1 N–H and O–H groups in total. The minimum Gasteiger partial charge on any atom is -0.326 e. The number of nitriles is 1. The van der Waals surface area contributed by atoms with E-state index >= 15 is 0 Å². The standard InChI is InChI=1S/C16H12ClFN2O/c17-14-2-1-3-15(18)13(14)10-16(21)20-12-6-4-11(5-7-12)8-9-19/h1-7H,8,10H2,(H,20,21). The van der Waals surface area contributed by atoms with Crippen LogP contribution in [0.15, 0.2) is 42.5 Å². The molecule has 0 atom stereocenters. The second kappa shape index (κ2) is 6.87. The zero-order chi connectivity index (χ0) is 15.2. The van der Waals surface area contributed by atoms with Gasteiger partial charge in [-0.05, 0) is 29.8 Å². The summed E-state index contributed by atoms with van der Waals surface area (Å²) in [6.07, 6.45) is 0.185. The second-order valence-corrected chi connectivity index (χ2v) is 4.86. The number of hydrogen-bond acceptors (Lipinski definition) is 2. The van der Waals surface area contributed by atoms with Gasteiger partial charge in [-0.1, -0.05) is 29.8 Å². The topological polar surface area (TPSA) is 52.9 Å². The van der Waals surface area contributed by atoms with Crippen LogP contribution in [0, 0.1) is 17.1 Å². The molecule has 0 aliphatic rings. The predicted octanol–water partition coefficient (Wildman–Crippen LogP) is 3.73. The number of carbonyl (C=O) groups is 1. The molecular weight excluding hydrogens is 291 g/mol. The van der Waals surface area contributed by atoms with Gasteiger partial charge in [0.25, 0.3) is 0 Å². The Hall–Kier alpha value is -2.38. The van der Waals surface area contributed by atoms with Crippen molar-refractivity contribution in [3.05, 3.63) is 64.4 Å². The molecule has 3 nitrogen and oxygen atoms in total. The molecular formula is C16H12ClFN2O. The molecule has 0 unspecified atom stereocenters. The largest absolute Gasteiger partial charge is 0.326 e. The van der Waals surface area contributed by atoms with Crippen LogP contribution in [0.1, 0.15) is 11.1 Å². The Morgan fingerprint density at radius 3 is 2.57 bits per heavy atom. The van der Waals surface area contributed by atoms with Crippen LogP contribution < -0.4 is 5.32 Å². The van der Waals surface area contributed by atoms with Crippen molar-refractivity contribution in [2.24, 2.45) is 0 Å². The molecule has 2 aromatic carbocycles. The summed E-state index contributed by atoms with van der Waals surface area (Å²) in [6, 6.07) is 13.3. The van der Waals surface area contributed by atoms with Crippen LogP contribution >= 0.6 is 11.6 Å². The highest BCUT2D eigenvalue weighted by atomic mass is 35.5. The van der Waals surface area contributed by atoms with Gasteiger partial charge in [-0.25, -0.2) is 4.39 Å². The minimum absolute atomic E-state index is 0.133. The lowest BCUT2D eigenvalue weighted by molar-refractivity contribution is -0.115. The summed E-state index contributed by atoms with van der Waals surface area (Å²) in [5.74, 6) is -0.850. The molecule has 1 amide bonds. The van der Waals surface area contributed by atoms with Crippen LogP contribution in [0.25, 0.3) is 0 Å². The van der Waals surface area contributed by atoms with Crippen molar-refractivity contribution in [1.29, 1.82) is 5.26 Å². The van der Waals surface area contributed by atoms with E-state index in [2.05, 4.69) is 5.32 Å². The minimum atomic E-state index is -0.498. The molecule has 0 saturated carbocycles. The van der Waals surface area contributed by atoms with E-state index in [1.54, 1.807) is 30.3 Å². The molecule has 106 valence electrons. The fourth-order valence-corrected chi connectivity index (χ4v) is 2.09. The Kier molecular flexibility index (Phi) is 4.91. The average molecular weight is 303 g/mol. The summed E-state index contributed by atoms with van der Waals surface area (Å²) in [5, 5.41) is 11.5. The molecule has 0 radical (unpaired) electrons. The van der Waals surface area contributed by atoms with Crippen molar-refractivity contribution in [3.63, 3.8) is 0 Å². The summed E-state index contributed by atoms with van der Waals surface area (Å²) in [6.45, 7) is 0. The van der Waals surface area contributed by atoms with Gasteiger partial charge in [0.05, 0.1) is 18.9 Å². The van der Waals surface area contributed by atoms with Gasteiger partial charge >= 0.3 is 0 Å². The maximum absolute atomic E-state index is 13.6. The number of benzene rings is 2. The molecule has 0 aliphatic heterocycles. The third-order valence-electron chi connectivity index (χ3n) is 2.92. The van der Waals surface area contributed by atoms with Gasteiger partial charge in [0.1, 0.15) is 5.82 Å². The van der Waals surface area contributed by atoms with Crippen molar-refractivity contribution in [2.45, 2.75) is 12.8 Å². The number of hydrogen-bond donors (Lipinski definition) is 1. The normalized spacial score (nSPS) is 9.95. The van der Waals surface area contributed by atoms with Crippen molar-refractivity contribution < 1.29 is 9.18 Å². The molecule has 0 saturated heterocycles. The molecule has 2 aromatic rings. The quantitative estimate of drug-likeness (QED) is 0.935.